The van der Waals surface area contributed by atoms with Gasteiger partial charge in [-0.1, -0.05) is 45.0 Å². The molecule has 1 saturated heterocycles. The maximum Gasteiger partial charge on any atom is 0.433 e. The summed E-state index contributed by atoms with van der Waals surface area (Å²) in [6, 6.07) is 16.4. The number of carboxylic acids is 1. The van der Waals surface area contributed by atoms with Crippen LogP contribution >= 0.6 is 0 Å². The normalized spacial score (nSPS) is 17.2. The summed E-state index contributed by atoms with van der Waals surface area (Å²) < 4.78 is 51.2. The third-order valence-corrected chi connectivity index (χ3v) is 7.89. The van der Waals surface area contributed by atoms with Crippen LogP contribution in [0.2, 0.25) is 0 Å². The average molecular weight is 609 g/mol. The molecule has 0 saturated carbocycles. The number of aromatic nitrogens is 3. The molecule has 0 aliphatic carbocycles. The largest absolute Gasteiger partial charge is 0.493 e. The lowest BCUT2D eigenvalue weighted by Crippen LogP contribution is -2.25. The molecule has 2 atom stereocenters. The fourth-order valence-electron chi connectivity index (χ4n) is 5.37. The van der Waals surface area contributed by atoms with Gasteiger partial charge in [0.25, 0.3) is 0 Å². The van der Waals surface area contributed by atoms with Crippen LogP contribution in [0.3, 0.4) is 0 Å². The molecule has 232 valence electrons. The third-order valence-electron chi connectivity index (χ3n) is 7.89. The molecule has 5 rings (SSSR count). The zero-order chi connectivity index (χ0) is 31.6. The summed E-state index contributed by atoms with van der Waals surface area (Å²) in [6.07, 6.45) is -2.57. The SMILES string of the molecule is Cc1oc(-c2ccc(C(C)(C)C)cc2)nc1CCOc1ccc(C[C@@H]2CN(c3nccc(C(F)(F)F)n3)C[C@@H]2C(=O)O)cc1. The van der Waals surface area contributed by atoms with Crippen molar-refractivity contribution in [1.29, 1.82) is 0 Å². The number of anilines is 1. The Morgan fingerprint density at radius 3 is 2.36 bits per heavy atom. The molecule has 1 aliphatic rings. The lowest BCUT2D eigenvalue weighted by molar-refractivity contribution is -0.142. The molecule has 0 radical (unpaired) electrons. The summed E-state index contributed by atoms with van der Waals surface area (Å²) in [5.41, 5.74) is 2.89. The van der Waals surface area contributed by atoms with E-state index in [1.807, 2.05) is 43.3 Å². The second-order valence-corrected chi connectivity index (χ2v) is 12.1. The van der Waals surface area contributed by atoms with Gasteiger partial charge in [0.15, 0.2) is 0 Å². The van der Waals surface area contributed by atoms with E-state index in [2.05, 4.69) is 47.9 Å². The van der Waals surface area contributed by atoms with Crippen LogP contribution in [-0.2, 0) is 29.2 Å². The molecule has 2 aromatic carbocycles. The number of halogens is 3. The number of hydrogen-bond acceptors (Lipinski definition) is 7. The van der Waals surface area contributed by atoms with Gasteiger partial charge in [-0.2, -0.15) is 13.2 Å². The van der Waals surface area contributed by atoms with Gasteiger partial charge < -0.3 is 19.2 Å². The van der Waals surface area contributed by atoms with Crippen LogP contribution in [-0.4, -0.2) is 45.7 Å². The summed E-state index contributed by atoms with van der Waals surface area (Å²) >= 11 is 0. The summed E-state index contributed by atoms with van der Waals surface area (Å²) in [7, 11) is 0. The van der Waals surface area contributed by atoms with Crippen LogP contribution in [0.15, 0.2) is 65.2 Å². The van der Waals surface area contributed by atoms with Crippen molar-refractivity contribution in [2.45, 2.75) is 52.1 Å². The van der Waals surface area contributed by atoms with Crippen molar-refractivity contribution < 1.29 is 32.2 Å². The van der Waals surface area contributed by atoms with Crippen LogP contribution in [0.5, 0.6) is 5.75 Å². The predicted octanol–water partition coefficient (Wildman–Crippen LogP) is 6.76. The highest BCUT2D eigenvalue weighted by Gasteiger charge is 2.40. The Balaban J connectivity index is 1.16. The Bertz CT molecular complexity index is 1600. The topological polar surface area (TPSA) is 102 Å². The van der Waals surface area contributed by atoms with E-state index >= 15 is 0 Å². The molecule has 0 bridgehead atoms. The molecular formula is C33H35F3N4O4. The summed E-state index contributed by atoms with van der Waals surface area (Å²) in [5.74, 6) is -0.237. The number of alkyl halides is 3. The molecule has 0 amide bonds. The highest BCUT2D eigenvalue weighted by Crippen LogP contribution is 2.33. The molecule has 11 heteroatoms. The smallest absolute Gasteiger partial charge is 0.433 e. The van der Waals surface area contributed by atoms with Gasteiger partial charge in [-0.05, 0) is 66.1 Å². The fraction of sp³-hybridized carbons (Fsp3) is 0.394. The second-order valence-electron chi connectivity index (χ2n) is 12.1. The number of oxazole rings is 1. The first-order chi connectivity index (χ1) is 20.8. The van der Waals surface area contributed by atoms with E-state index in [1.54, 1.807) is 0 Å². The Morgan fingerprint density at radius 1 is 1.02 bits per heavy atom. The molecule has 2 aromatic heterocycles. The van der Waals surface area contributed by atoms with Gasteiger partial charge in [0.1, 0.15) is 17.2 Å². The zero-order valence-corrected chi connectivity index (χ0v) is 25.1. The van der Waals surface area contributed by atoms with Crippen LogP contribution in [0.4, 0.5) is 19.1 Å². The maximum absolute atomic E-state index is 13.1. The van der Waals surface area contributed by atoms with Crippen molar-refractivity contribution in [3.05, 3.63) is 89.1 Å². The van der Waals surface area contributed by atoms with Gasteiger partial charge >= 0.3 is 12.1 Å². The Kier molecular flexibility index (Phi) is 8.67. The molecule has 1 fully saturated rings. The van der Waals surface area contributed by atoms with Crippen LogP contribution < -0.4 is 9.64 Å². The molecule has 1 aliphatic heterocycles. The van der Waals surface area contributed by atoms with Gasteiger partial charge in [0.2, 0.25) is 11.8 Å². The quantitative estimate of drug-likeness (QED) is 0.223. The monoisotopic (exact) mass is 608 g/mol. The Morgan fingerprint density at radius 2 is 1.73 bits per heavy atom. The van der Waals surface area contributed by atoms with Crippen molar-refractivity contribution in [1.82, 2.24) is 15.0 Å². The van der Waals surface area contributed by atoms with E-state index in [1.165, 1.54) is 10.5 Å². The van der Waals surface area contributed by atoms with E-state index in [0.717, 1.165) is 34.8 Å². The molecule has 4 aromatic rings. The summed E-state index contributed by atoms with van der Waals surface area (Å²) in [6.45, 7) is 9.06. The van der Waals surface area contributed by atoms with Crippen molar-refractivity contribution in [2.24, 2.45) is 11.8 Å². The Hall–Kier alpha value is -4.41. The number of nitrogens with zero attached hydrogens (tertiary/aromatic N) is 4. The zero-order valence-electron chi connectivity index (χ0n) is 25.1. The summed E-state index contributed by atoms with van der Waals surface area (Å²) in [5, 5.41) is 9.79. The van der Waals surface area contributed by atoms with Gasteiger partial charge in [-0.15, -0.1) is 0 Å². The highest BCUT2D eigenvalue weighted by molar-refractivity contribution is 5.72. The van der Waals surface area contributed by atoms with Gasteiger partial charge in [0, 0.05) is 31.3 Å². The molecule has 0 spiro atoms. The highest BCUT2D eigenvalue weighted by atomic mass is 19.4. The number of hydrogen-bond donors (Lipinski definition) is 1. The minimum Gasteiger partial charge on any atom is -0.493 e. The lowest BCUT2D eigenvalue weighted by Gasteiger charge is -2.18. The number of ether oxygens (including phenoxy) is 1. The molecule has 0 unspecified atom stereocenters. The molecule has 3 heterocycles. The van der Waals surface area contributed by atoms with Gasteiger partial charge in [-0.3, -0.25) is 4.79 Å². The van der Waals surface area contributed by atoms with Crippen LogP contribution in [0.25, 0.3) is 11.5 Å². The van der Waals surface area contributed by atoms with E-state index in [9.17, 15) is 23.1 Å². The first-order valence-corrected chi connectivity index (χ1v) is 14.4. The number of aliphatic carboxylic acids is 1. The van der Waals surface area contributed by atoms with E-state index < -0.39 is 23.8 Å². The first-order valence-electron chi connectivity index (χ1n) is 14.4. The predicted molar refractivity (Wildman–Crippen MR) is 159 cm³/mol. The third kappa shape index (κ3) is 7.20. The number of benzene rings is 2. The van der Waals surface area contributed by atoms with E-state index in [-0.39, 0.29) is 30.4 Å². The van der Waals surface area contributed by atoms with Crippen molar-refractivity contribution in [3.8, 4) is 17.2 Å². The minimum atomic E-state index is -4.61. The Labute approximate surface area is 253 Å². The number of rotatable bonds is 9. The minimum absolute atomic E-state index is 0.0356. The number of carboxylic acid groups (broad SMARTS) is 1. The van der Waals surface area contributed by atoms with Gasteiger partial charge in [-0.25, -0.2) is 15.0 Å². The van der Waals surface area contributed by atoms with Crippen LogP contribution in [0.1, 0.15) is 49.0 Å². The number of aryl methyl sites for hydroxylation is 1. The fourth-order valence-corrected chi connectivity index (χ4v) is 5.37. The van der Waals surface area contributed by atoms with Crippen LogP contribution in [0, 0.1) is 18.8 Å². The summed E-state index contributed by atoms with van der Waals surface area (Å²) in [4.78, 5) is 25.7. The lowest BCUT2D eigenvalue weighted by atomic mass is 9.87. The van der Waals surface area contributed by atoms with E-state index in [0.29, 0.717) is 31.1 Å². The standard InChI is InChI=1S/C33H35F3N4O4/c1-20-27(38-29(44-20)22-7-9-24(10-8-22)32(2,3)4)14-16-43-25-11-5-21(6-12-25)17-23-18-40(19-26(23)30(41)42)31-37-15-13-28(39-31)33(34,35)36/h5-13,15,23,26H,14,16-19H2,1-4H3,(H,41,42)/t23-,26+/m1/s1. The average Bonchev–Trinajstić information content (AvgIpc) is 3.57. The molecule has 1 N–H and O–H groups in total. The molecule has 44 heavy (non-hydrogen) atoms. The van der Waals surface area contributed by atoms with E-state index in [4.69, 9.17) is 9.15 Å². The van der Waals surface area contributed by atoms with Crippen molar-refractivity contribution in [3.63, 3.8) is 0 Å². The molecule has 8 nitrogen and oxygen atoms in total. The van der Waals surface area contributed by atoms with Crippen molar-refractivity contribution >= 4 is 11.9 Å². The first kappa shape index (κ1) is 31.0. The van der Waals surface area contributed by atoms with Gasteiger partial charge in [0.05, 0.1) is 18.2 Å². The second kappa shape index (κ2) is 12.3. The maximum atomic E-state index is 13.1. The number of carbonyl (C=O) groups is 1. The molecular weight excluding hydrogens is 573 g/mol. The van der Waals surface area contributed by atoms with Crippen molar-refractivity contribution in [2.75, 3.05) is 24.6 Å².